The van der Waals surface area contributed by atoms with Gasteiger partial charge in [-0.2, -0.15) is 0 Å². The monoisotopic (exact) mass is 459 g/mol. The highest BCUT2D eigenvalue weighted by Gasteiger charge is 2.46. The molecule has 1 atom stereocenters. The number of hydrogen-bond donors (Lipinski definition) is 1. The third-order valence-corrected chi connectivity index (χ3v) is 5.96. The van der Waals surface area contributed by atoms with Crippen molar-refractivity contribution in [2.75, 3.05) is 0 Å². The molecule has 0 aliphatic carbocycles. The molecule has 1 fully saturated rings. The first-order valence-electron chi connectivity index (χ1n) is 11.5. The second-order valence-corrected chi connectivity index (χ2v) is 8.75. The minimum atomic E-state index is -0.733. The first-order chi connectivity index (χ1) is 16.3. The summed E-state index contributed by atoms with van der Waals surface area (Å²) >= 11 is 0. The first-order valence-corrected chi connectivity index (χ1v) is 11.5. The number of likely N-dealkylation sites (tertiary alicyclic amines) is 1. The summed E-state index contributed by atoms with van der Waals surface area (Å²) in [5.74, 6) is -0.323. The Balaban J connectivity index is 1.82. The van der Waals surface area contributed by atoms with Crippen molar-refractivity contribution in [2.45, 2.75) is 52.8 Å². The number of furan rings is 1. The Bertz CT molecular complexity index is 1220. The number of hydrogen-bond acceptors (Lipinski definition) is 5. The molecule has 0 spiro atoms. The number of carbonyl (C=O) groups excluding carboxylic acids is 2. The van der Waals surface area contributed by atoms with Gasteiger partial charge in [-0.05, 0) is 74.2 Å². The topological polar surface area (TPSA) is 80.0 Å². The van der Waals surface area contributed by atoms with Gasteiger partial charge in [-0.3, -0.25) is 9.59 Å². The lowest BCUT2D eigenvalue weighted by Gasteiger charge is -2.24. The van der Waals surface area contributed by atoms with Crippen molar-refractivity contribution >= 4 is 17.4 Å². The van der Waals surface area contributed by atoms with E-state index in [1.54, 1.807) is 30.3 Å². The summed E-state index contributed by atoms with van der Waals surface area (Å²) in [7, 11) is 0. The van der Waals surface area contributed by atoms with Gasteiger partial charge in [0.15, 0.2) is 0 Å². The quantitative estimate of drug-likeness (QED) is 0.284. The predicted molar refractivity (Wildman–Crippen MR) is 129 cm³/mol. The Labute approximate surface area is 199 Å². The molecule has 1 aliphatic rings. The number of aryl methyl sites for hydroxylation is 2. The Hall–Kier alpha value is -3.80. The second kappa shape index (κ2) is 9.59. The van der Waals surface area contributed by atoms with Gasteiger partial charge in [0.2, 0.25) is 0 Å². The number of benzene rings is 2. The van der Waals surface area contributed by atoms with E-state index < -0.39 is 17.7 Å². The maximum atomic E-state index is 13.2. The third-order valence-electron chi connectivity index (χ3n) is 5.96. The molecule has 1 aliphatic heterocycles. The molecule has 176 valence electrons. The SMILES string of the molecule is CCc1ccc(C2/C(=C(/O)c3ccc(OC(C)C)c(C)c3)C(=O)C(=O)N2Cc2ccco2)cc1. The molecular weight excluding hydrogens is 430 g/mol. The number of ketones is 1. The van der Waals surface area contributed by atoms with Gasteiger partial charge >= 0.3 is 0 Å². The molecule has 1 unspecified atom stereocenters. The molecule has 0 bridgehead atoms. The minimum Gasteiger partial charge on any atom is -0.507 e. The van der Waals surface area contributed by atoms with Crippen LogP contribution in [0.2, 0.25) is 0 Å². The fraction of sp³-hybridized carbons (Fsp3) is 0.286. The van der Waals surface area contributed by atoms with Crippen molar-refractivity contribution in [1.29, 1.82) is 0 Å². The lowest BCUT2D eigenvalue weighted by atomic mass is 9.94. The molecule has 3 aromatic rings. The Morgan fingerprint density at radius 3 is 2.44 bits per heavy atom. The van der Waals surface area contributed by atoms with Crippen molar-refractivity contribution < 1.29 is 23.8 Å². The summed E-state index contributed by atoms with van der Waals surface area (Å²) in [6.07, 6.45) is 2.41. The van der Waals surface area contributed by atoms with Crippen molar-refractivity contribution in [3.05, 3.63) is 94.4 Å². The van der Waals surface area contributed by atoms with Crippen LogP contribution in [-0.4, -0.2) is 27.8 Å². The van der Waals surface area contributed by atoms with Crippen LogP contribution < -0.4 is 4.74 Å². The fourth-order valence-corrected chi connectivity index (χ4v) is 4.23. The zero-order valence-electron chi connectivity index (χ0n) is 19.9. The van der Waals surface area contributed by atoms with Crippen LogP contribution in [0.1, 0.15) is 54.8 Å². The predicted octanol–water partition coefficient (Wildman–Crippen LogP) is 5.56. The number of aliphatic hydroxyl groups excluding tert-OH is 1. The van der Waals surface area contributed by atoms with E-state index in [1.807, 2.05) is 45.0 Å². The molecule has 2 heterocycles. The Kier molecular flexibility index (Phi) is 6.59. The number of nitrogens with zero attached hydrogens (tertiary/aromatic N) is 1. The first kappa shape index (κ1) is 23.4. The molecule has 6 nitrogen and oxygen atoms in total. The van der Waals surface area contributed by atoms with Crippen LogP contribution in [0.3, 0.4) is 0 Å². The zero-order valence-corrected chi connectivity index (χ0v) is 19.9. The standard InChI is InChI=1S/C28H29NO5/c1-5-19-8-10-20(11-9-19)25-24(27(31)28(32)29(25)16-22-7-6-14-33-22)26(30)21-12-13-23(18(4)15-21)34-17(2)3/h6-15,17,25,30H,5,16H2,1-4H3/b26-24-. The van der Waals surface area contributed by atoms with Gasteiger partial charge in [0, 0.05) is 5.56 Å². The summed E-state index contributed by atoms with van der Waals surface area (Å²) in [5.41, 5.74) is 3.24. The maximum Gasteiger partial charge on any atom is 0.296 e. The van der Waals surface area contributed by atoms with Crippen molar-refractivity contribution in [2.24, 2.45) is 0 Å². The molecule has 1 aromatic heterocycles. The van der Waals surface area contributed by atoms with Crippen molar-refractivity contribution in [3.8, 4) is 5.75 Å². The van der Waals surface area contributed by atoms with E-state index >= 15 is 0 Å². The largest absolute Gasteiger partial charge is 0.507 e. The van der Waals surface area contributed by atoms with E-state index in [0.717, 1.165) is 23.1 Å². The summed E-state index contributed by atoms with van der Waals surface area (Å²) < 4.78 is 11.2. The minimum absolute atomic E-state index is 0.0103. The number of carbonyl (C=O) groups is 2. The van der Waals surface area contributed by atoms with Crippen molar-refractivity contribution in [1.82, 2.24) is 4.90 Å². The second-order valence-electron chi connectivity index (χ2n) is 8.75. The van der Waals surface area contributed by atoms with Crippen LogP contribution in [0.25, 0.3) is 5.76 Å². The molecule has 2 aromatic carbocycles. The molecule has 0 radical (unpaired) electrons. The van der Waals surface area contributed by atoms with Gasteiger partial charge in [-0.25, -0.2) is 0 Å². The van der Waals surface area contributed by atoms with Gasteiger partial charge in [0.25, 0.3) is 11.7 Å². The van der Waals surface area contributed by atoms with E-state index in [-0.39, 0.29) is 24.0 Å². The third kappa shape index (κ3) is 4.49. The lowest BCUT2D eigenvalue weighted by molar-refractivity contribution is -0.140. The zero-order chi connectivity index (χ0) is 24.4. The molecule has 34 heavy (non-hydrogen) atoms. The van der Waals surface area contributed by atoms with Gasteiger partial charge in [-0.15, -0.1) is 0 Å². The molecule has 6 heteroatoms. The van der Waals surface area contributed by atoms with E-state index in [1.165, 1.54) is 11.2 Å². The average Bonchev–Trinajstić information content (AvgIpc) is 3.42. The molecule has 4 rings (SSSR count). The summed E-state index contributed by atoms with van der Waals surface area (Å²) in [6.45, 7) is 7.95. The van der Waals surface area contributed by atoms with Crippen LogP contribution in [0, 0.1) is 6.92 Å². The van der Waals surface area contributed by atoms with E-state index in [2.05, 4.69) is 6.92 Å². The van der Waals surface area contributed by atoms with Crippen LogP contribution in [0.15, 0.2) is 70.9 Å². The van der Waals surface area contributed by atoms with E-state index in [4.69, 9.17) is 9.15 Å². The van der Waals surface area contributed by atoms with E-state index in [9.17, 15) is 14.7 Å². The van der Waals surface area contributed by atoms with Gasteiger partial charge in [0.05, 0.1) is 30.5 Å². The van der Waals surface area contributed by atoms with Crippen LogP contribution >= 0.6 is 0 Å². The highest BCUT2D eigenvalue weighted by molar-refractivity contribution is 6.46. The van der Waals surface area contributed by atoms with Gasteiger partial charge < -0.3 is 19.2 Å². The highest BCUT2D eigenvalue weighted by atomic mass is 16.5. The fourth-order valence-electron chi connectivity index (χ4n) is 4.23. The number of amides is 1. The number of Topliss-reactive ketones (excluding diaryl/α,β-unsaturated/α-hetero) is 1. The molecule has 0 saturated carbocycles. The maximum absolute atomic E-state index is 13.2. The van der Waals surface area contributed by atoms with Crippen LogP contribution in [0.4, 0.5) is 0 Å². The number of ether oxygens (including phenoxy) is 1. The summed E-state index contributed by atoms with van der Waals surface area (Å²) in [6, 6.07) is 15.8. The van der Waals surface area contributed by atoms with Crippen LogP contribution in [0.5, 0.6) is 5.75 Å². The summed E-state index contributed by atoms with van der Waals surface area (Å²) in [5, 5.41) is 11.3. The van der Waals surface area contributed by atoms with Gasteiger partial charge in [-0.1, -0.05) is 31.2 Å². The average molecular weight is 460 g/mol. The van der Waals surface area contributed by atoms with Gasteiger partial charge in [0.1, 0.15) is 17.3 Å². The smallest absolute Gasteiger partial charge is 0.296 e. The highest BCUT2D eigenvalue weighted by Crippen LogP contribution is 2.40. The molecule has 1 saturated heterocycles. The molecular formula is C28H29NO5. The summed E-state index contributed by atoms with van der Waals surface area (Å²) in [4.78, 5) is 27.8. The molecule has 1 amide bonds. The number of rotatable bonds is 7. The van der Waals surface area contributed by atoms with E-state index in [0.29, 0.717) is 17.1 Å². The lowest BCUT2D eigenvalue weighted by Crippen LogP contribution is -2.29. The Morgan fingerprint density at radius 1 is 1.12 bits per heavy atom. The van der Waals surface area contributed by atoms with Crippen LogP contribution in [-0.2, 0) is 22.6 Å². The normalized spacial score (nSPS) is 17.6. The Morgan fingerprint density at radius 2 is 1.85 bits per heavy atom. The number of aliphatic hydroxyl groups is 1. The van der Waals surface area contributed by atoms with Crippen molar-refractivity contribution in [3.63, 3.8) is 0 Å². The molecule has 1 N–H and O–H groups in total.